The van der Waals surface area contributed by atoms with E-state index in [-0.39, 0.29) is 24.0 Å². The molecule has 2 saturated heterocycles. The standard InChI is InChI=1S/C24H40N4O.HI/c1-3-25-24(26-15-8-5-9-18-29-2)28-17-14-23-22(20-28)13-10-16-27(23)19-21-11-6-4-7-12-21;/h4,6-7,11-12,22-23H,3,5,8-10,13-20H2,1-2H3,(H,25,26);1H. The first-order valence-corrected chi connectivity index (χ1v) is 11.6. The maximum absolute atomic E-state index is 5.14. The average Bonchev–Trinajstić information content (AvgIpc) is 2.76. The zero-order valence-corrected chi connectivity index (χ0v) is 21.2. The zero-order chi connectivity index (χ0) is 20.3. The average molecular weight is 529 g/mol. The SMILES string of the molecule is CCNC(=NCCCCCOC)N1CCC2C(CCCN2Cc2ccccc2)C1.I. The summed E-state index contributed by atoms with van der Waals surface area (Å²) in [6.07, 6.45) is 7.37. The normalized spacial score (nSPS) is 22.3. The van der Waals surface area contributed by atoms with Gasteiger partial charge in [-0.25, -0.2) is 0 Å². The van der Waals surface area contributed by atoms with E-state index >= 15 is 0 Å². The number of hydrogen-bond donors (Lipinski definition) is 1. The molecule has 0 saturated carbocycles. The predicted molar refractivity (Wildman–Crippen MR) is 137 cm³/mol. The molecule has 2 aliphatic heterocycles. The van der Waals surface area contributed by atoms with Crippen LogP contribution >= 0.6 is 24.0 Å². The van der Waals surface area contributed by atoms with Gasteiger partial charge in [-0.3, -0.25) is 9.89 Å². The van der Waals surface area contributed by atoms with Gasteiger partial charge in [-0.2, -0.15) is 0 Å². The Balaban J connectivity index is 0.00000320. The van der Waals surface area contributed by atoms with E-state index in [9.17, 15) is 0 Å². The van der Waals surface area contributed by atoms with Gasteiger partial charge in [0.05, 0.1) is 0 Å². The number of fused-ring (bicyclic) bond motifs is 1. The lowest BCUT2D eigenvalue weighted by Gasteiger charge is -2.48. The highest BCUT2D eigenvalue weighted by molar-refractivity contribution is 14.0. The lowest BCUT2D eigenvalue weighted by molar-refractivity contribution is 0.0372. The zero-order valence-electron chi connectivity index (χ0n) is 18.9. The Morgan fingerprint density at radius 1 is 1.13 bits per heavy atom. The third kappa shape index (κ3) is 7.68. The van der Waals surface area contributed by atoms with Crippen molar-refractivity contribution in [2.45, 2.75) is 58.0 Å². The van der Waals surface area contributed by atoms with Gasteiger partial charge < -0.3 is 15.0 Å². The predicted octanol–water partition coefficient (Wildman–Crippen LogP) is 4.37. The van der Waals surface area contributed by atoms with Crippen LogP contribution in [0.3, 0.4) is 0 Å². The van der Waals surface area contributed by atoms with Crippen molar-refractivity contribution in [1.82, 2.24) is 15.1 Å². The second-order valence-electron chi connectivity index (χ2n) is 8.45. The number of nitrogens with one attached hydrogen (secondary N) is 1. The van der Waals surface area contributed by atoms with Gasteiger partial charge in [-0.1, -0.05) is 30.3 Å². The molecule has 6 heteroatoms. The first-order chi connectivity index (χ1) is 14.3. The van der Waals surface area contributed by atoms with Crippen molar-refractivity contribution in [3.8, 4) is 0 Å². The molecule has 170 valence electrons. The molecule has 0 aliphatic carbocycles. The fraction of sp³-hybridized carbons (Fsp3) is 0.708. The molecule has 30 heavy (non-hydrogen) atoms. The number of hydrogen-bond acceptors (Lipinski definition) is 3. The molecule has 0 spiro atoms. The second kappa shape index (κ2) is 14.2. The molecule has 1 aromatic rings. The van der Waals surface area contributed by atoms with Crippen LogP contribution in [0.15, 0.2) is 35.3 Å². The summed E-state index contributed by atoms with van der Waals surface area (Å²) < 4.78 is 5.14. The number of unbranched alkanes of at least 4 members (excludes halogenated alkanes) is 2. The fourth-order valence-corrected chi connectivity index (χ4v) is 4.86. The summed E-state index contributed by atoms with van der Waals surface area (Å²) in [5.74, 6) is 1.88. The lowest BCUT2D eigenvalue weighted by atomic mass is 9.83. The Labute approximate surface area is 200 Å². The minimum absolute atomic E-state index is 0. The Kier molecular flexibility index (Phi) is 12.1. The summed E-state index contributed by atoms with van der Waals surface area (Å²) in [5, 5.41) is 3.54. The van der Waals surface area contributed by atoms with E-state index in [0.29, 0.717) is 0 Å². The van der Waals surface area contributed by atoms with Crippen molar-refractivity contribution >= 4 is 29.9 Å². The second-order valence-corrected chi connectivity index (χ2v) is 8.45. The molecule has 2 heterocycles. The van der Waals surface area contributed by atoms with Gasteiger partial charge in [0.2, 0.25) is 0 Å². The molecule has 2 unspecified atom stereocenters. The van der Waals surface area contributed by atoms with E-state index in [1.54, 1.807) is 7.11 Å². The summed E-state index contributed by atoms with van der Waals surface area (Å²) >= 11 is 0. The van der Waals surface area contributed by atoms with Crippen LogP contribution in [-0.4, -0.2) is 68.2 Å². The van der Waals surface area contributed by atoms with Gasteiger partial charge in [0.15, 0.2) is 5.96 Å². The minimum Gasteiger partial charge on any atom is -0.385 e. The number of likely N-dealkylation sites (tertiary alicyclic amines) is 2. The summed E-state index contributed by atoms with van der Waals surface area (Å²) in [6.45, 7) is 9.47. The Morgan fingerprint density at radius 3 is 2.73 bits per heavy atom. The van der Waals surface area contributed by atoms with E-state index in [1.807, 2.05) is 0 Å². The lowest BCUT2D eigenvalue weighted by Crippen LogP contribution is -2.56. The Morgan fingerprint density at radius 2 is 1.97 bits per heavy atom. The number of rotatable bonds is 9. The van der Waals surface area contributed by atoms with Crippen molar-refractivity contribution in [3.63, 3.8) is 0 Å². The van der Waals surface area contributed by atoms with Gasteiger partial charge in [0, 0.05) is 52.5 Å². The highest BCUT2D eigenvalue weighted by Crippen LogP contribution is 2.31. The number of guanidine groups is 1. The van der Waals surface area contributed by atoms with Crippen LogP contribution in [0.2, 0.25) is 0 Å². The van der Waals surface area contributed by atoms with Crippen LogP contribution in [0.25, 0.3) is 0 Å². The topological polar surface area (TPSA) is 40.1 Å². The van der Waals surface area contributed by atoms with Crippen molar-refractivity contribution < 1.29 is 4.74 Å². The molecule has 0 radical (unpaired) electrons. The summed E-state index contributed by atoms with van der Waals surface area (Å²) in [5.41, 5.74) is 1.44. The third-order valence-electron chi connectivity index (χ3n) is 6.31. The number of ether oxygens (including phenoxy) is 1. The molecule has 2 aliphatic rings. The molecule has 1 N–H and O–H groups in total. The maximum Gasteiger partial charge on any atom is 0.193 e. The Bertz CT molecular complexity index is 612. The van der Waals surface area contributed by atoms with E-state index in [4.69, 9.17) is 9.73 Å². The summed E-state index contributed by atoms with van der Waals surface area (Å²) in [6, 6.07) is 11.7. The van der Waals surface area contributed by atoms with E-state index in [0.717, 1.165) is 70.1 Å². The van der Waals surface area contributed by atoms with Gasteiger partial charge >= 0.3 is 0 Å². The van der Waals surface area contributed by atoms with E-state index in [1.165, 1.54) is 37.8 Å². The van der Waals surface area contributed by atoms with E-state index in [2.05, 4.69) is 52.4 Å². The molecular weight excluding hydrogens is 487 g/mol. The van der Waals surface area contributed by atoms with E-state index < -0.39 is 0 Å². The first kappa shape index (κ1) is 25.4. The smallest absolute Gasteiger partial charge is 0.193 e. The highest BCUT2D eigenvalue weighted by atomic mass is 127. The van der Waals surface area contributed by atoms with Crippen LogP contribution in [0.5, 0.6) is 0 Å². The van der Waals surface area contributed by atoms with Crippen LogP contribution in [-0.2, 0) is 11.3 Å². The molecule has 0 bridgehead atoms. The van der Waals surface area contributed by atoms with Crippen LogP contribution in [0.4, 0.5) is 0 Å². The van der Waals surface area contributed by atoms with Crippen LogP contribution in [0, 0.1) is 5.92 Å². The highest BCUT2D eigenvalue weighted by Gasteiger charge is 2.36. The largest absolute Gasteiger partial charge is 0.385 e. The van der Waals surface area contributed by atoms with Crippen molar-refractivity contribution in [3.05, 3.63) is 35.9 Å². The van der Waals surface area contributed by atoms with Crippen LogP contribution < -0.4 is 5.32 Å². The molecule has 2 fully saturated rings. The molecule has 5 nitrogen and oxygen atoms in total. The number of piperidine rings is 2. The number of benzene rings is 1. The molecule has 2 atom stereocenters. The summed E-state index contributed by atoms with van der Waals surface area (Å²) in [7, 11) is 1.78. The van der Waals surface area contributed by atoms with Gasteiger partial charge in [0.1, 0.15) is 0 Å². The van der Waals surface area contributed by atoms with Gasteiger partial charge in [-0.15, -0.1) is 24.0 Å². The minimum atomic E-state index is 0. The fourth-order valence-electron chi connectivity index (χ4n) is 4.86. The molecule has 0 aromatic heterocycles. The Hall–Kier alpha value is -0.860. The molecule has 1 aromatic carbocycles. The van der Waals surface area contributed by atoms with Crippen molar-refractivity contribution in [2.75, 3.05) is 46.4 Å². The first-order valence-electron chi connectivity index (χ1n) is 11.6. The number of aliphatic imine (C=N–C) groups is 1. The molecule has 0 amide bonds. The number of methoxy groups -OCH3 is 1. The van der Waals surface area contributed by atoms with Gasteiger partial charge in [-0.05, 0) is 63.5 Å². The number of nitrogens with zero attached hydrogens (tertiary/aromatic N) is 3. The van der Waals surface area contributed by atoms with Crippen molar-refractivity contribution in [1.29, 1.82) is 0 Å². The monoisotopic (exact) mass is 528 g/mol. The number of halogens is 1. The summed E-state index contributed by atoms with van der Waals surface area (Å²) in [4.78, 5) is 10.2. The van der Waals surface area contributed by atoms with Crippen LogP contribution in [0.1, 0.15) is 51.0 Å². The molecule has 3 rings (SSSR count). The quantitative estimate of drug-likeness (QED) is 0.224. The maximum atomic E-state index is 5.14. The third-order valence-corrected chi connectivity index (χ3v) is 6.31. The molecular formula is C24H41IN4O. The van der Waals surface area contributed by atoms with Gasteiger partial charge in [0.25, 0.3) is 0 Å². The van der Waals surface area contributed by atoms with Crippen molar-refractivity contribution in [2.24, 2.45) is 10.9 Å².